The second-order valence-corrected chi connectivity index (χ2v) is 2.71. The van der Waals surface area contributed by atoms with Gasteiger partial charge >= 0.3 is 5.97 Å². The Morgan fingerprint density at radius 3 is 2.40 bits per heavy atom. The smallest absolute Gasteiger partial charge is 0.324 e. The van der Waals surface area contributed by atoms with Crippen molar-refractivity contribution >= 4 is 5.97 Å². The number of carbonyl (C=O) groups is 1. The third-order valence-corrected chi connectivity index (χ3v) is 1.19. The second-order valence-electron chi connectivity index (χ2n) is 2.71. The summed E-state index contributed by atoms with van der Waals surface area (Å²) < 4.78 is 4.39. The minimum atomic E-state index is -0.704. The van der Waals surface area contributed by atoms with Gasteiger partial charge in [0, 0.05) is 0 Å². The highest BCUT2D eigenvalue weighted by molar-refractivity contribution is 5.75. The number of carbonyl (C=O) groups excluding carboxylic acids is 1. The molecular weight excluding hydrogens is 130 g/mol. The van der Waals surface area contributed by atoms with Gasteiger partial charge in [0.05, 0.1) is 7.11 Å². The van der Waals surface area contributed by atoms with Crippen LogP contribution in [0.1, 0.15) is 20.3 Å². The summed E-state index contributed by atoms with van der Waals surface area (Å²) in [5.74, 6) is -0.0599. The summed E-state index contributed by atoms with van der Waals surface area (Å²) in [5.41, 5.74) is 7.23. The van der Waals surface area contributed by atoms with Crippen LogP contribution in [0.5, 0.6) is 0 Å². The van der Waals surface area contributed by atoms with Gasteiger partial charge in [-0.1, -0.05) is 13.8 Å². The molecule has 0 aromatic carbocycles. The van der Waals surface area contributed by atoms with Gasteiger partial charge < -0.3 is 4.74 Å². The molecule has 0 rings (SSSR count). The zero-order chi connectivity index (χ0) is 8.15. The average molecular weight is 144 g/mol. The molecule has 0 spiro atoms. The first-order chi connectivity index (χ1) is 4.57. The van der Waals surface area contributed by atoms with Gasteiger partial charge in [0.1, 0.15) is 6.04 Å². The molecule has 0 bridgehead atoms. The van der Waals surface area contributed by atoms with E-state index in [1.54, 1.807) is 0 Å². The van der Waals surface area contributed by atoms with E-state index in [1.807, 2.05) is 13.8 Å². The minimum absolute atomic E-state index is 0.376. The van der Waals surface area contributed by atoms with Crippen LogP contribution >= 0.6 is 0 Å². The van der Waals surface area contributed by atoms with E-state index in [2.05, 4.69) is 4.74 Å². The summed E-state index contributed by atoms with van der Waals surface area (Å²) >= 11 is 0. The van der Waals surface area contributed by atoms with Crippen LogP contribution in [0.15, 0.2) is 0 Å². The Bertz CT molecular complexity index is 112. The molecule has 0 saturated carbocycles. The average Bonchev–Trinajstić information content (AvgIpc) is 1.85. The van der Waals surface area contributed by atoms with Crippen molar-refractivity contribution in [2.45, 2.75) is 26.3 Å². The standard InChI is InChI=1S/C7H14NO2/c1-5(2)4-6(8)7(9)10-3/h5-6,8H,4H2,1-3H3. The van der Waals surface area contributed by atoms with Crippen LogP contribution in [0.4, 0.5) is 0 Å². The van der Waals surface area contributed by atoms with Gasteiger partial charge in [-0.05, 0) is 12.3 Å². The lowest BCUT2D eigenvalue weighted by Gasteiger charge is -2.09. The van der Waals surface area contributed by atoms with Gasteiger partial charge in [0.25, 0.3) is 0 Å². The van der Waals surface area contributed by atoms with Crippen molar-refractivity contribution in [1.82, 2.24) is 5.73 Å². The quantitative estimate of drug-likeness (QED) is 0.551. The third kappa shape index (κ3) is 3.45. The highest BCUT2D eigenvalue weighted by Crippen LogP contribution is 2.04. The Morgan fingerprint density at radius 2 is 2.10 bits per heavy atom. The molecule has 1 unspecified atom stereocenters. The van der Waals surface area contributed by atoms with Crippen molar-refractivity contribution in [1.29, 1.82) is 0 Å². The normalized spacial score (nSPS) is 13.3. The van der Waals surface area contributed by atoms with Crippen LogP contribution in [0.2, 0.25) is 0 Å². The highest BCUT2D eigenvalue weighted by atomic mass is 16.5. The van der Waals surface area contributed by atoms with Crippen LogP contribution in [-0.4, -0.2) is 19.1 Å². The summed E-state index contributed by atoms with van der Waals surface area (Å²) in [7, 11) is 1.31. The van der Waals surface area contributed by atoms with E-state index >= 15 is 0 Å². The largest absolute Gasteiger partial charge is 0.468 e. The summed E-state index contributed by atoms with van der Waals surface area (Å²) in [4.78, 5) is 10.6. The van der Waals surface area contributed by atoms with E-state index in [1.165, 1.54) is 7.11 Å². The number of ether oxygens (including phenoxy) is 1. The van der Waals surface area contributed by atoms with E-state index in [-0.39, 0.29) is 0 Å². The number of methoxy groups -OCH3 is 1. The second kappa shape index (κ2) is 4.28. The van der Waals surface area contributed by atoms with E-state index in [0.29, 0.717) is 12.3 Å². The summed E-state index contributed by atoms with van der Waals surface area (Å²) in [6.07, 6.45) is 0.576. The fourth-order valence-corrected chi connectivity index (χ4v) is 0.710. The van der Waals surface area contributed by atoms with Crippen LogP contribution in [-0.2, 0) is 9.53 Å². The fourth-order valence-electron chi connectivity index (χ4n) is 0.710. The predicted octanol–water partition coefficient (Wildman–Crippen LogP) is 0.857. The van der Waals surface area contributed by atoms with Crippen molar-refractivity contribution in [3.05, 3.63) is 0 Å². The zero-order valence-electron chi connectivity index (χ0n) is 6.68. The fraction of sp³-hybridized carbons (Fsp3) is 0.857. The first-order valence-electron chi connectivity index (χ1n) is 3.37. The molecule has 0 amide bonds. The lowest BCUT2D eigenvalue weighted by atomic mass is 10.1. The Kier molecular flexibility index (Phi) is 4.03. The van der Waals surface area contributed by atoms with Crippen molar-refractivity contribution < 1.29 is 9.53 Å². The molecule has 3 nitrogen and oxygen atoms in total. The van der Waals surface area contributed by atoms with E-state index in [0.717, 1.165) is 0 Å². The zero-order valence-corrected chi connectivity index (χ0v) is 6.68. The molecular formula is C7H14NO2. The van der Waals surface area contributed by atoms with Gasteiger partial charge in [-0.25, -0.2) is 5.73 Å². The molecule has 0 aliphatic carbocycles. The Hall–Kier alpha value is -0.570. The first kappa shape index (κ1) is 9.43. The van der Waals surface area contributed by atoms with Crippen LogP contribution in [0.25, 0.3) is 0 Å². The van der Waals surface area contributed by atoms with Gasteiger partial charge in [-0.3, -0.25) is 4.79 Å². The molecule has 59 valence electrons. The number of rotatable bonds is 3. The van der Waals surface area contributed by atoms with Crippen molar-refractivity contribution in [3.63, 3.8) is 0 Å². The van der Waals surface area contributed by atoms with Gasteiger partial charge in [-0.2, -0.15) is 0 Å². The molecule has 0 saturated heterocycles. The maximum Gasteiger partial charge on any atom is 0.324 e. The molecule has 1 N–H and O–H groups in total. The van der Waals surface area contributed by atoms with Crippen LogP contribution < -0.4 is 5.73 Å². The van der Waals surface area contributed by atoms with Crippen molar-refractivity contribution in [3.8, 4) is 0 Å². The molecule has 1 radical (unpaired) electrons. The number of hydrogen-bond acceptors (Lipinski definition) is 2. The Morgan fingerprint density at radius 1 is 1.60 bits per heavy atom. The maximum atomic E-state index is 10.6. The van der Waals surface area contributed by atoms with Gasteiger partial charge in [-0.15, -0.1) is 0 Å². The Balaban J connectivity index is 3.61. The maximum absolute atomic E-state index is 10.6. The third-order valence-electron chi connectivity index (χ3n) is 1.19. The van der Waals surface area contributed by atoms with Crippen molar-refractivity contribution in [2.24, 2.45) is 5.92 Å². The van der Waals surface area contributed by atoms with E-state index < -0.39 is 12.0 Å². The monoisotopic (exact) mass is 144 g/mol. The molecule has 1 atom stereocenters. The summed E-state index contributed by atoms with van der Waals surface area (Å²) in [6, 6.07) is -0.704. The van der Waals surface area contributed by atoms with Gasteiger partial charge in [0.15, 0.2) is 0 Å². The molecule has 0 aliphatic heterocycles. The first-order valence-corrected chi connectivity index (χ1v) is 3.37. The molecule has 10 heavy (non-hydrogen) atoms. The molecule has 0 aromatic heterocycles. The number of esters is 1. The van der Waals surface area contributed by atoms with Gasteiger partial charge in [0.2, 0.25) is 0 Å². The number of hydrogen-bond donors (Lipinski definition) is 0. The van der Waals surface area contributed by atoms with Crippen molar-refractivity contribution in [2.75, 3.05) is 7.11 Å². The summed E-state index contributed by atoms with van der Waals surface area (Å²) in [6.45, 7) is 3.95. The lowest BCUT2D eigenvalue weighted by molar-refractivity contribution is -0.142. The van der Waals surface area contributed by atoms with E-state index in [4.69, 9.17) is 5.73 Å². The van der Waals surface area contributed by atoms with E-state index in [9.17, 15) is 4.79 Å². The lowest BCUT2D eigenvalue weighted by Crippen LogP contribution is -2.25. The van der Waals surface area contributed by atoms with Crippen LogP contribution in [0, 0.1) is 5.92 Å². The SMILES string of the molecule is COC(=O)C([NH])CC(C)C. The van der Waals surface area contributed by atoms with Crippen LogP contribution in [0.3, 0.4) is 0 Å². The Labute approximate surface area is 61.5 Å². The predicted molar refractivity (Wildman–Crippen MR) is 38.4 cm³/mol. The highest BCUT2D eigenvalue weighted by Gasteiger charge is 2.15. The molecule has 0 aromatic rings. The molecule has 3 heteroatoms. The molecule has 0 aliphatic rings. The number of nitrogens with one attached hydrogen (secondary N) is 1. The summed E-state index contributed by atoms with van der Waals surface area (Å²) in [5, 5.41) is 0. The minimum Gasteiger partial charge on any atom is -0.468 e. The molecule has 0 heterocycles. The topological polar surface area (TPSA) is 50.1 Å². The molecule has 0 fully saturated rings.